The van der Waals surface area contributed by atoms with Gasteiger partial charge in [-0.1, -0.05) is 330 Å². The van der Waals surface area contributed by atoms with Crippen molar-refractivity contribution >= 4 is 39.5 Å². The van der Waals surface area contributed by atoms with Crippen LogP contribution in [0.15, 0.2) is 0 Å². The van der Waals surface area contributed by atoms with Crippen LogP contribution < -0.4 is 0 Å². The summed E-state index contributed by atoms with van der Waals surface area (Å²) in [6, 6.07) is 0. The lowest BCUT2D eigenvalue weighted by Crippen LogP contribution is -2.30. The fraction of sp³-hybridized carbons (Fsp3) is 0.945. The zero-order chi connectivity index (χ0) is 67.7. The van der Waals surface area contributed by atoms with Gasteiger partial charge in [0.25, 0.3) is 0 Å². The van der Waals surface area contributed by atoms with E-state index in [-0.39, 0.29) is 25.7 Å². The average Bonchev–Trinajstić information content (AvgIpc) is 2.89. The number of esters is 4. The summed E-state index contributed by atoms with van der Waals surface area (Å²) in [6.45, 7) is 7.17. The van der Waals surface area contributed by atoms with Crippen LogP contribution in [0.25, 0.3) is 0 Å². The maximum atomic E-state index is 13.1. The Morgan fingerprint density at radius 2 is 0.500 bits per heavy atom. The number of ether oxygens (including phenoxy) is 4. The maximum Gasteiger partial charge on any atom is 0.472 e. The predicted octanol–water partition coefficient (Wildman–Crippen LogP) is 21.3. The van der Waals surface area contributed by atoms with E-state index >= 15 is 0 Å². The number of aliphatic hydroxyl groups excluding tert-OH is 1. The molecule has 0 heterocycles. The van der Waals surface area contributed by atoms with Gasteiger partial charge < -0.3 is 33.8 Å². The Hall–Kier alpha value is -1.94. The smallest absolute Gasteiger partial charge is 0.462 e. The number of phosphoric acid groups is 2. The van der Waals surface area contributed by atoms with Crippen LogP contribution in [0.3, 0.4) is 0 Å². The van der Waals surface area contributed by atoms with Gasteiger partial charge in [0, 0.05) is 25.7 Å². The van der Waals surface area contributed by atoms with Crippen molar-refractivity contribution in [3.63, 3.8) is 0 Å². The lowest BCUT2D eigenvalue weighted by Gasteiger charge is -2.21. The average molecular weight is 1350 g/mol. The number of carbonyl (C=O) groups is 4. The highest BCUT2D eigenvalue weighted by Gasteiger charge is 2.30. The summed E-state index contributed by atoms with van der Waals surface area (Å²) in [6.07, 6.45) is 54.7. The second-order valence-electron chi connectivity index (χ2n) is 26.8. The Morgan fingerprint density at radius 3 is 0.739 bits per heavy atom. The first-order chi connectivity index (χ1) is 44.5. The monoisotopic (exact) mass is 1350 g/mol. The van der Waals surface area contributed by atoms with E-state index in [9.17, 15) is 43.2 Å². The summed E-state index contributed by atoms with van der Waals surface area (Å²) in [5.41, 5.74) is 0. The van der Waals surface area contributed by atoms with Crippen LogP contribution >= 0.6 is 15.6 Å². The lowest BCUT2D eigenvalue weighted by molar-refractivity contribution is -0.161. The summed E-state index contributed by atoms with van der Waals surface area (Å²) >= 11 is 0. The van der Waals surface area contributed by atoms with Gasteiger partial charge in [0.1, 0.15) is 19.3 Å². The topological polar surface area (TPSA) is 237 Å². The molecule has 3 N–H and O–H groups in total. The van der Waals surface area contributed by atoms with Crippen LogP contribution in [0.4, 0.5) is 0 Å². The SMILES string of the molecule is CCCCCCCCCCCCCCCCCCCCCCCCC(=O)O[C@H](COC(=O)CCCCCCCCCCCCCCC(C)C)COP(=O)(O)OC[C@@H](O)COP(=O)(O)OC[C@@H](COC(=O)CCCCCCC)OC(=O)CCCCCCCCCCCC. The van der Waals surface area contributed by atoms with Gasteiger partial charge in [0.2, 0.25) is 0 Å². The van der Waals surface area contributed by atoms with Gasteiger partial charge in [-0.25, -0.2) is 9.13 Å². The van der Waals surface area contributed by atoms with Crippen LogP contribution in [-0.4, -0.2) is 96.7 Å². The van der Waals surface area contributed by atoms with Crippen molar-refractivity contribution in [3.8, 4) is 0 Å². The van der Waals surface area contributed by atoms with Crippen LogP contribution in [-0.2, 0) is 65.4 Å². The summed E-state index contributed by atoms with van der Waals surface area (Å²) in [4.78, 5) is 72.3. The molecule has 92 heavy (non-hydrogen) atoms. The molecule has 5 atom stereocenters. The van der Waals surface area contributed by atoms with Crippen molar-refractivity contribution < 1.29 is 80.2 Å². The molecule has 0 aliphatic rings. The maximum absolute atomic E-state index is 13.1. The van der Waals surface area contributed by atoms with Crippen LogP contribution in [0, 0.1) is 5.92 Å². The Kier molecular flexibility index (Phi) is 64.9. The van der Waals surface area contributed by atoms with Gasteiger partial charge in [0.05, 0.1) is 26.4 Å². The highest BCUT2D eigenvalue weighted by Crippen LogP contribution is 2.45. The number of hydrogen-bond acceptors (Lipinski definition) is 15. The molecule has 0 aromatic rings. The molecule has 2 unspecified atom stereocenters. The van der Waals surface area contributed by atoms with Gasteiger partial charge in [-0.15, -0.1) is 0 Å². The van der Waals surface area contributed by atoms with Crippen molar-refractivity contribution in [2.24, 2.45) is 5.92 Å². The highest BCUT2D eigenvalue weighted by atomic mass is 31.2. The predicted molar refractivity (Wildman–Crippen MR) is 372 cm³/mol. The first-order valence-electron chi connectivity index (χ1n) is 38.1. The van der Waals surface area contributed by atoms with Crippen molar-refractivity contribution in [2.75, 3.05) is 39.6 Å². The van der Waals surface area contributed by atoms with Gasteiger partial charge in [-0.05, 0) is 31.6 Å². The molecule has 19 heteroatoms. The molecule has 0 spiro atoms. The molecule has 0 aliphatic heterocycles. The highest BCUT2D eigenvalue weighted by molar-refractivity contribution is 7.47. The fourth-order valence-corrected chi connectivity index (χ4v) is 12.8. The zero-order valence-electron chi connectivity index (χ0n) is 59.7. The first kappa shape index (κ1) is 90.1. The molecule has 0 saturated heterocycles. The van der Waals surface area contributed by atoms with E-state index in [1.54, 1.807) is 0 Å². The molecule has 0 bridgehead atoms. The minimum Gasteiger partial charge on any atom is -0.462 e. The van der Waals surface area contributed by atoms with Gasteiger partial charge in [-0.2, -0.15) is 0 Å². The molecule has 0 radical (unpaired) electrons. The molecule has 0 aromatic carbocycles. The number of carbonyl (C=O) groups excluding carboxylic acids is 4. The quantitative estimate of drug-likeness (QED) is 0.0222. The van der Waals surface area contributed by atoms with E-state index in [4.69, 9.17) is 37.0 Å². The summed E-state index contributed by atoms with van der Waals surface area (Å²) in [7, 11) is -9.89. The molecule has 0 rings (SSSR count). The van der Waals surface area contributed by atoms with Crippen molar-refractivity contribution in [3.05, 3.63) is 0 Å². The molecular weight excluding hydrogens is 1210 g/mol. The normalized spacial score (nSPS) is 14.0. The lowest BCUT2D eigenvalue weighted by atomic mass is 10.0. The van der Waals surface area contributed by atoms with E-state index in [1.807, 2.05) is 0 Å². The van der Waals surface area contributed by atoms with E-state index in [0.717, 1.165) is 102 Å². The number of phosphoric ester groups is 2. The molecular formula is C73H142O17P2. The van der Waals surface area contributed by atoms with E-state index in [2.05, 4.69) is 34.6 Å². The second-order valence-corrected chi connectivity index (χ2v) is 29.7. The number of hydrogen-bond donors (Lipinski definition) is 3. The van der Waals surface area contributed by atoms with Crippen LogP contribution in [0.5, 0.6) is 0 Å². The molecule has 0 aromatic heterocycles. The molecule has 546 valence electrons. The number of rotatable bonds is 73. The van der Waals surface area contributed by atoms with Crippen molar-refractivity contribution in [2.45, 2.75) is 400 Å². The Labute approximate surface area is 562 Å². The van der Waals surface area contributed by atoms with Crippen molar-refractivity contribution in [1.82, 2.24) is 0 Å². The van der Waals surface area contributed by atoms with Crippen LogP contribution in [0.2, 0.25) is 0 Å². The molecule has 0 aliphatic carbocycles. The molecule has 17 nitrogen and oxygen atoms in total. The largest absolute Gasteiger partial charge is 0.472 e. The van der Waals surface area contributed by atoms with E-state index < -0.39 is 97.5 Å². The van der Waals surface area contributed by atoms with Gasteiger partial charge in [0.15, 0.2) is 12.2 Å². The molecule has 0 fully saturated rings. The first-order valence-corrected chi connectivity index (χ1v) is 41.1. The van der Waals surface area contributed by atoms with E-state index in [0.29, 0.717) is 25.7 Å². The minimum absolute atomic E-state index is 0.106. The molecule has 0 saturated carbocycles. The van der Waals surface area contributed by atoms with Gasteiger partial charge >= 0.3 is 39.5 Å². The summed E-state index contributed by atoms with van der Waals surface area (Å²) < 4.78 is 68.1. The fourth-order valence-electron chi connectivity index (χ4n) is 11.2. The van der Waals surface area contributed by atoms with Crippen LogP contribution in [0.1, 0.15) is 381 Å². The Bertz CT molecular complexity index is 1770. The Balaban J connectivity index is 5.10. The second kappa shape index (κ2) is 66.3. The Morgan fingerprint density at radius 1 is 0.293 bits per heavy atom. The summed E-state index contributed by atoms with van der Waals surface area (Å²) in [5, 5.41) is 10.6. The number of unbranched alkanes of at least 4 members (excludes halogenated alkanes) is 45. The standard InChI is InChI=1S/C73H142O17P2/c1-6-9-12-15-17-19-21-22-23-24-25-26-27-28-29-30-31-36-40-44-49-54-59-73(78)90-69(63-84-71(76)57-52-47-42-39-35-33-32-34-37-41-46-50-55-66(4)5)65-88-92(81,82)86-61-67(74)60-85-91(79,80)87-64-68(62-83-70(75)56-51-45-14-11-8-3)89-72(77)58-53-48-43-38-20-18-16-13-10-7-2/h66-69,74H,6-65H2,1-5H3,(H,79,80)(H,81,82)/t67-,68+,69+/m0/s1. The van der Waals surface area contributed by atoms with Gasteiger partial charge in [-0.3, -0.25) is 37.3 Å². The number of aliphatic hydroxyl groups is 1. The third kappa shape index (κ3) is 66.7. The third-order valence-electron chi connectivity index (χ3n) is 17.0. The van der Waals surface area contributed by atoms with E-state index in [1.165, 1.54) is 199 Å². The summed E-state index contributed by atoms with van der Waals surface area (Å²) in [5.74, 6) is -1.35. The zero-order valence-corrected chi connectivity index (χ0v) is 61.5. The minimum atomic E-state index is -4.95. The third-order valence-corrected chi connectivity index (χ3v) is 18.9. The molecule has 0 amide bonds. The van der Waals surface area contributed by atoms with Crippen molar-refractivity contribution in [1.29, 1.82) is 0 Å².